The van der Waals surface area contributed by atoms with Crippen LogP contribution >= 0.6 is 0 Å². The summed E-state index contributed by atoms with van der Waals surface area (Å²) in [5.74, 6) is -0.367. The predicted octanol–water partition coefficient (Wildman–Crippen LogP) is -0.0317. The minimum Gasteiger partial charge on any atom is -0.469 e. The van der Waals surface area contributed by atoms with Gasteiger partial charge in [-0.3, -0.25) is 4.79 Å². The van der Waals surface area contributed by atoms with Crippen LogP contribution in [0.1, 0.15) is 11.8 Å². The number of rotatable bonds is 4. The summed E-state index contributed by atoms with van der Waals surface area (Å²) < 4.78 is 12.0. The summed E-state index contributed by atoms with van der Waals surface area (Å²) in [6.07, 6.45) is -2.22. The van der Waals surface area contributed by atoms with E-state index >= 15 is 0 Å². The lowest BCUT2D eigenvalue weighted by atomic mass is 10.1. The van der Waals surface area contributed by atoms with E-state index in [4.69, 9.17) is 9.47 Å². The van der Waals surface area contributed by atoms with E-state index < -0.39 is 24.5 Å². The fourth-order valence-corrected chi connectivity index (χ4v) is 2.97. The number of nitrogens with zero attached hydrogens (tertiary/aromatic N) is 1. The zero-order valence-electron chi connectivity index (χ0n) is 12.6. The van der Waals surface area contributed by atoms with Crippen molar-refractivity contribution in [2.24, 2.45) is 0 Å². The van der Waals surface area contributed by atoms with Gasteiger partial charge in [-0.15, -0.1) is 0 Å². The second kappa shape index (κ2) is 6.29. The van der Waals surface area contributed by atoms with E-state index in [1.807, 2.05) is 24.3 Å². The smallest absolute Gasteiger partial charge is 0.310 e. The lowest BCUT2D eigenvalue weighted by Crippen LogP contribution is -2.33. The molecule has 0 amide bonds. The van der Waals surface area contributed by atoms with E-state index in [9.17, 15) is 20.1 Å². The maximum absolute atomic E-state index is 11.6. The molecular formula is C16H19NO6. The molecule has 0 radical (unpaired) electrons. The minimum absolute atomic E-state index is 0.0960. The van der Waals surface area contributed by atoms with Crippen LogP contribution in [-0.2, 0) is 20.7 Å². The number of fused-ring (bicyclic) bond motifs is 1. The van der Waals surface area contributed by atoms with E-state index in [0.29, 0.717) is 0 Å². The lowest BCUT2D eigenvalue weighted by Gasteiger charge is -2.17. The molecule has 2 aromatic rings. The normalized spacial score (nSPS) is 27.5. The highest BCUT2D eigenvalue weighted by Gasteiger charge is 2.43. The van der Waals surface area contributed by atoms with Crippen LogP contribution in [0.25, 0.3) is 10.9 Å². The molecule has 0 bridgehead atoms. The average molecular weight is 321 g/mol. The molecular weight excluding hydrogens is 302 g/mol. The Bertz CT molecular complexity index is 712. The molecule has 124 valence electrons. The van der Waals surface area contributed by atoms with Crippen LogP contribution in [-0.4, -0.2) is 57.9 Å². The molecule has 4 atom stereocenters. The van der Waals surface area contributed by atoms with Crippen LogP contribution in [0, 0.1) is 0 Å². The topological polar surface area (TPSA) is 101 Å². The molecule has 1 aliphatic rings. The Morgan fingerprint density at radius 2 is 2.04 bits per heavy atom. The average Bonchev–Trinajstić information content (AvgIpc) is 3.06. The van der Waals surface area contributed by atoms with Gasteiger partial charge in [-0.2, -0.15) is 0 Å². The number of hydrogen-bond donors (Lipinski definition) is 3. The molecule has 1 aromatic heterocycles. The number of para-hydroxylation sites is 1. The van der Waals surface area contributed by atoms with E-state index in [1.54, 1.807) is 10.8 Å². The number of methoxy groups -OCH3 is 1. The van der Waals surface area contributed by atoms with Crippen molar-refractivity contribution in [1.29, 1.82) is 0 Å². The lowest BCUT2D eigenvalue weighted by molar-refractivity contribution is -0.139. The third kappa shape index (κ3) is 2.72. The van der Waals surface area contributed by atoms with Gasteiger partial charge in [0.1, 0.15) is 18.3 Å². The first-order valence-electron chi connectivity index (χ1n) is 7.34. The highest BCUT2D eigenvalue weighted by Crippen LogP contribution is 2.34. The fraction of sp³-hybridized carbons (Fsp3) is 0.438. The first kappa shape index (κ1) is 15.9. The van der Waals surface area contributed by atoms with E-state index in [-0.39, 0.29) is 19.0 Å². The van der Waals surface area contributed by atoms with Gasteiger partial charge in [0.05, 0.1) is 25.7 Å². The van der Waals surface area contributed by atoms with Crippen molar-refractivity contribution >= 4 is 16.9 Å². The molecule has 0 saturated carbocycles. The minimum atomic E-state index is -1.17. The molecule has 3 N–H and O–H groups in total. The van der Waals surface area contributed by atoms with Gasteiger partial charge in [0, 0.05) is 11.6 Å². The molecule has 0 spiro atoms. The van der Waals surface area contributed by atoms with Crippen LogP contribution in [0.15, 0.2) is 30.5 Å². The van der Waals surface area contributed by atoms with Crippen molar-refractivity contribution in [3.63, 3.8) is 0 Å². The van der Waals surface area contributed by atoms with Crippen molar-refractivity contribution in [3.8, 4) is 0 Å². The number of carbonyl (C=O) groups is 1. The number of aliphatic hydroxyl groups excluding tert-OH is 3. The third-order valence-corrected chi connectivity index (χ3v) is 4.18. The molecule has 7 heteroatoms. The number of aliphatic hydroxyl groups is 3. The molecule has 1 aromatic carbocycles. The number of hydrogen-bond acceptors (Lipinski definition) is 6. The Morgan fingerprint density at radius 3 is 2.70 bits per heavy atom. The summed E-state index contributed by atoms with van der Waals surface area (Å²) in [4.78, 5) is 11.6. The highest BCUT2D eigenvalue weighted by molar-refractivity contribution is 5.88. The zero-order chi connectivity index (χ0) is 16.6. The molecule has 0 unspecified atom stereocenters. The van der Waals surface area contributed by atoms with Gasteiger partial charge in [0.15, 0.2) is 6.23 Å². The summed E-state index contributed by atoms with van der Waals surface area (Å²) in [5, 5.41) is 30.2. The first-order chi connectivity index (χ1) is 11.1. The maximum atomic E-state index is 11.6. The number of benzene rings is 1. The maximum Gasteiger partial charge on any atom is 0.310 e. The van der Waals surface area contributed by atoms with E-state index in [1.165, 1.54) is 7.11 Å². The van der Waals surface area contributed by atoms with E-state index in [2.05, 4.69) is 0 Å². The number of esters is 1. The Morgan fingerprint density at radius 1 is 1.30 bits per heavy atom. The number of carbonyl (C=O) groups excluding carboxylic acids is 1. The summed E-state index contributed by atoms with van der Waals surface area (Å²) in [6.45, 7) is -0.386. The Balaban J connectivity index is 2.03. The quantitative estimate of drug-likeness (QED) is 0.684. The second-order valence-electron chi connectivity index (χ2n) is 5.56. The Labute approximate surface area is 132 Å². The standard InChI is InChI=1S/C16H19NO6/c1-22-13(19)6-9-7-17(11-5-3-2-4-10(9)11)16-15(21)14(20)12(8-18)23-16/h2-5,7,12,14-16,18,20-21H,6,8H2,1H3/t12-,14-,15-,16-/m1/s1. The largest absolute Gasteiger partial charge is 0.469 e. The SMILES string of the molecule is COC(=O)Cc1cn([C@@H]2O[C@H](CO)[C@@H](O)[C@H]2O)c2ccccc12. The summed E-state index contributed by atoms with van der Waals surface area (Å²) in [6, 6.07) is 7.39. The van der Waals surface area contributed by atoms with Gasteiger partial charge >= 0.3 is 5.97 Å². The van der Waals surface area contributed by atoms with Crippen LogP contribution in [0.3, 0.4) is 0 Å². The summed E-state index contributed by atoms with van der Waals surface area (Å²) >= 11 is 0. The summed E-state index contributed by atoms with van der Waals surface area (Å²) in [7, 11) is 1.33. The first-order valence-corrected chi connectivity index (χ1v) is 7.34. The molecule has 1 aliphatic heterocycles. The Kier molecular flexibility index (Phi) is 4.36. The molecule has 1 fully saturated rings. The zero-order valence-corrected chi connectivity index (χ0v) is 12.6. The Hall–Kier alpha value is -1.93. The van der Waals surface area contributed by atoms with Crippen LogP contribution in [0.4, 0.5) is 0 Å². The molecule has 0 aliphatic carbocycles. The van der Waals surface area contributed by atoms with Gasteiger partial charge in [-0.1, -0.05) is 18.2 Å². The summed E-state index contributed by atoms with van der Waals surface area (Å²) in [5.41, 5.74) is 1.51. The second-order valence-corrected chi connectivity index (χ2v) is 5.56. The third-order valence-electron chi connectivity index (χ3n) is 4.18. The monoisotopic (exact) mass is 321 g/mol. The van der Waals surface area contributed by atoms with Gasteiger partial charge in [0.25, 0.3) is 0 Å². The fourth-order valence-electron chi connectivity index (χ4n) is 2.97. The van der Waals surface area contributed by atoms with Gasteiger partial charge in [-0.25, -0.2) is 0 Å². The van der Waals surface area contributed by atoms with Gasteiger partial charge in [0.2, 0.25) is 0 Å². The molecule has 7 nitrogen and oxygen atoms in total. The van der Waals surface area contributed by atoms with Crippen LogP contribution < -0.4 is 0 Å². The number of ether oxygens (including phenoxy) is 2. The van der Waals surface area contributed by atoms with Gasteiger partial charge < -0.3 is 29.4 Å². The van der Waals surface area contributed by atoms with Gasteiger partial charge in [-0.05, 0) is 11.6 Å². The molecule has 1 saturated heterocycles. The molecule has 2 heterocycles. The van der Waals surface area contributed by atoms with Crippen LogP contribution in [0.2, 0.25) is 0 Å². The van der Waals surface area contributed by atoms with Crippen LogP contribution in [0.5, 0.6) is 0 Å². The van der Waals surface area contributed by atoms with E-state index in [0.717, 1.165) is 16.5 Å². The molecule has 23 heavy (non-hydrogen) atoms. The van der Waals surface area contributed by atoms with Crippen molar-refractivity contribution in [2.45, 2.75) is 31.0 Å². The highest BCUT2D eigenvalue weighted by atomic mass is 16.6. The van der Waals surface area contributed by atoms with Crippen molar-refractivity contribution in [1.82, 2.24) is 4.57 Å². The van der Waals surface area contributed by atoms with Crippen molar-refractivity contribution < 1.29 is 29.6 Å². The predicted molar refractivity (Wildman–Crippen MR) is 80.7 cm³/mol. The van der Waals surface area contributed by atoms with Crippen molar-refractivity contribution in [2.75, 3.05) is 13.7 Å². The van der Waals surface area contributed by atoms with Crippen molar-refractivity contribution in [3.05, 3.63) is 36.0 Å². The number of aromatic nitrogens is 1. The molecule has 3 rings (SSSR count).